The third kappa shape index (κ3) is 2.01. The van der Waals surface area contributed by atoms with E-state index >= 15 is 0 Å². The Morgan fingerprint density at radius 2 is 2.46 bits per heavy atom. The minimum atomic E-state index is -0.448. The number of esters is 1. The molecule has 72 valence electrons. The van der Waals surface area contributed by atoms with Gasteiger partial charge in [-0.05, 0) is 6.42 Å². The van der Waals surface area contributed by atoms with Gasteiger partial charge in [0.2, 0.25) is 0 Å². The lowest BCUT2D eigenvalue weighted by molar-refractivity contribution is 0.0586. The monoisotopic (exact) mass is 202 g/mol. The van der Waals surface area contributed by atoms with Crippen molar-refractivity contribution in [3.8, 4) is 0 Å². The number of ether oxygens (including phenoxy) is 1. The van der Waals surface area contributed by atoms with Crippen LogP contribution in [-0.4, -0.2) is 22.9 Å². The van der Waals surface area contributed by atoms with Gasteiger partial charge in [0.15, 0.2) is 5.69 Å². The number of carbonyl (C=O) groups is 1. The van der Waals surface area contributed by atoms with Crippen LogP contribution >= 0.6 is 11.6 Å². The van der Waals surface area contributed by atoms with Gasteiger partial charge in [-0.3, -0.25) is 4.68 Å². The Morgan fingerprint density at radius 3 is 3.00 bits per heavy atom. The third-order valence-electron chi connectivity index (χ3n) is 1.61. The molecule has 0 aromatic carbocycles. The van der Waals surface area contributed by atoms with Crippen molar-refractivity contribution in [1.82, 2.24) is 9.78 Å². The number of nitrogens with zero attached hydrogens (tertiary/aromatic N) is 2. The molecule has 0 saturated carbocycles. The number of methoxy groups -OCH3 is 1. The van der Waals surface area contributed by atoms with Crippen LogP contribution < -0.4 is 0 Å². The van der Waals surface area contributed by atoms with Crippen molar-refractivity contribution in [2.45, 2.75) is 19.9 Å². The summed E-state index contributed by atoms with van der Waals surface area (Å²) in [6, 6.07) is 0. The molecule has 0 aliphatic rings. The topological polar surface area (TPSA) is 44.1 Å². The average molecular weight is 203 g/mol. The molecule has 1 aromatic rings. The van der Waals surface area contributed by atoms with Gasteiger partial charge in [0.25, 0.3) is 0 Å². The van der Waals surface area contributed by atoms with Crippen molar-refractivity contribution in [3.05, 3.63) is 16.9 Å². The minimum Gasteiger partial charge on any atom is -0.464 e. The van der Waals surface area contributed by atoms with Crippen LogP contribution in [0.3, 0.4) is 0 Å². The Balaban J connectivity index is 3.01. The van der Waals surface area contributed by atoms with Crippen LogP contribution in [0.1, 0.15) is 23.8 Å². The summed E-state index contributed by atoms with van der Waals surface area (Å²) in [4.78, 5) is 11.2. The highest BCUT2D eigenvalue weighted by Crippen LogP contribution is 2.16. The summed E-state index contributed by atoms with van der Waals surface area (Å²) in [6.07, 6.45) is 2.34. The lowest BCUT2D eigenvalue weighted by atomic mass is 10.4. The standard InChI is InChI=1S/C8H11ClN2O2/c1-3-4-11-7(8(12)13-2)6(9)5-10-11/h5H,3-4H2,1-2H3. The highest BCUT2D eigenvalue weighted by Gasteiger charge is 2.16. The first-order valence-corrected chi connectivity index (χ1v) is 4.38. The van der Waals surface area contributed by atoms with E-state index in [9.17, 15) is 4.79 Å². The number of aromatic nitrogens is 2. The molecule has 0 spiro atoms. The fourth-order valence-electron chi connectivity index (χ4n) is 1.04. The van der Waals surface area contributed by atoms with Gasteiger partial charge in [0.1, 0.15) is 0 Å². The Morgan fingerprint density at radius 1 is 1.77 bits per heavy atom. The quantitative estimate of drug-likeness (QED) is 0.702. The van der Waals surface area contributed by atoms with Crippen LogP contribution in [0.4, 0.5) is 0 Å². The Labute approximate surface area is 81.4 Å². The molecule has 13 heavy (non-hydrogen) atoms. The van der Waals surface area contributed by atoms with E-state index in [1.54, 1.807) is 4.68 Å². The normalized spacial score (nSPS) is 10.1. The molecule has 0 amide bonds. The summed E-state index contributed by atoms with van der Waals surface area (Å²) in [6.45, 7) is 2.66. The summed E-state index contributed by atoms with van der Waals surface area (Å²) >= 11 is 5.77. The zero-order valence-corrected chi connectivity index (χ0v) is 8.34. The Hall–Kier alpha value is -1.03. The van der Waals surface area contributed by atoms with Crippen LogP contribution in [0, 0.1) is 0 Å². The minimum absolute atomic E-state index is 0.325. The maximum atomic E-state index is 11.2. The molecule has 0 radical (unpaired) electrons. The summed E-state index contributed by atoms with van der Waals surface area (Å²) in [5.41, 5.74) is 0.325. The van der Waals surface area contributed by atoms with Gasteiger partial charge in [-0.1, -0.05) is 18.5 Å². The molecule has 0 aliphatic carbocycles. The molecule has 0 saturated heterocycles. The van der Waals surface area contributed by atoms with E-state index in [2.05, 4.69) is 9.84 Å². The summed E-state index contributed by atoms with van der Waals surface area (Å²) in [5.74, 6) is -0.448. The molecular formula is C8H11ClN2O2. The van der Waals surface area contributed by atoms with E-state index in [1.165, 1.54) is 13.3 Å². The number of carbonyl (C=O) groups excluding carboxylic acids is 1. The largest absolute Gasteiger partial charge is 0.464 e. The summed E-state index contributed by atoms with van der Waals surface area (Å²) in [5, 5.41) is 4.29. The highest BCUT2D eigenvalue weighted by molar-refractivity contribution is 6.33. The van der Waals surface area contributed by atoms with Gasteiger partial charge in [-0.25, -0.2) is 4.79 Å². The van der Waals surface area contributed by atoms with Gasteiger partial charge in [-0.2, -0.15) is 5.10 Å². The molecule has 1 heterocycles. The van der Waals surface area contributed by atoms with Crippen molar-refractivity contribution in [3.63, 3.8) is 0 Å². The second kappa shape index (κ2) is 4.28. The second-order valence-electron chi connectivity index (χ2n) is 2.56. The van der Waals surface area contributed by atoms with Crippen molar-refractivity contribution in [2.24, 2.45) is 0 Å². The molecule has 1 rings (SSSR count). The summed E-state index contributed by atoms with van der Waals surface area (Å²) < 4.78 is 6.13. The van der Waals surface area contributed by atoms with Gasteiger partial charge >= 0.3 is 5.97 Å². The molecular weight excluding hydrogens is 192 g/mol. The van der Waals surface area contributed by atoms with Crippen LogP contribution in [0.15, 0.2) is 6.20 Å². The van der Waals surface area contributed by atoms with Crippen molar-refractivity contribution < 1.29 is 9.53 Å². The lowest BCUT2D eigenvalue weighted by Crippen LogP contribution is -2.12. The van der Waals surface area contributed by atoms with E-state index in [4.69, 9.17) is 11.6 Å². The predicted molar refractivity (Wildman–Crippen MR) is 48.9 cm³/mol. The van der Waals surface area contributed by atoms with E-state index in [0.29, 0.717) is 17.3 Å². The van der Waals surface area contributed by atoms with Crippen LogP contribution in [-0.2, 0) is 11.3 Å². The van der Waals surface area contributed by atoms with E-state index in [0.717, 1.165) is 6.42 Å². The molecule has 1 aromatic heterocycles. The first-order chi connectivity index (χ1) is 6.20. The number of aryl methyl sites for hydroxylation is 1. The number of rotatable bonds is 3. The van der Waals surface area contributed by atoms with Gasteiger partial charge < -0.3 is 4.74 Å². The molecule has 4 nitrogen and oxygen atoms in total. The first-order valence-electron chi connectivity index (χ1n) is 4.00. The van der Waals surface area contributed by atoms with Crippen molar-refractivity contribution in [2.75, 3.05) is 7.11 Å². The average Bonchev–Trinajstić information content (AvgIpc) is 2.47. The van der Waals surface area contributed by atoms with E-state index in [-0.39, 0.29) is 0 Å². The van der Waals surface area contributed by atoms with E-state index < -0.39 is 5.97 Å². The number of hydrogen-bond donors (Lipinski definition) is 0. The highest BCUT2D eigenvalue weighted by atomic mass is 35.5. The summed E-state index contributed by atoms with van der Waals surface area (Å²) in [7, 11) is 1.32. The van der Waals surface area contributed by atoms with Gasteiger partial charge in [-0.15, -0.1) is 0 Å². The molecule has 0 fully saturated rings. The maximum absolute atomic E-state index is 11.2. The molecule has 0 unspecified atom stereocenters. The number of hydrogen-bond acceptors (Lipinski definition) is 3. The lowest BCUT2D eigenvalue weighted by Gasteiger charge is -2.03. The zero-order valence-electron chi connectivity index (χ0n) is 7.58. The van der Waals surface area contributed by atoms with Crippen molar-refractivity contribution in [1.29, 1.82) is 0 Å². The van der Waals surface area contributed by atoms with Gasteiger partial charge in [0.05, 0.1) is 18.3 Å². The SMILES string of the molecule is CCCn1ncc(Cl)c1C(=O)OC. The fraction of sp³-hybridized carbons (Fsp3) is 0.500. The molecule has 0 aliphatic heterocycles. The van der Waals surface area contributed by atoms with Crippen molar-refractivity contribution >= 4 is 17.6 Å². The molecule has 5 heteroatoms. The molecule has 0 atom stereocenters. The Bertz CT molecular complexity index is 309. The van der Waals surface area contributed by atoms with Crippen LogP contribution in [0.5, 0.6) is 0 Å². The van der Waals surface area contributed by atoms with Crippen LogP contribution in [0.2, 0.25) is 5.02 Å². The smallest absolute Gasteiger partial charge is 0.357 e. The van der Waals surface area contributed by atoms with Gasteiger partial charge in [0, 0.05) is 6.54 Å². The maximum Gasteiger partial charge on any atom is 0.357 e. The first kappa shape index (κ1) is 10.1. The third-order valence-corrected chi connectivity index (χ3v) is 1.89. The predicted octanol–water partition coefficient (Wildman–Crippen LogP) is 1.73. The Kier molecular flexibility index (Phi) is 3.31. The molecule has 0 N–H and O–H groups in total. The fourth-order valence-corrected chi connectivity index (χ4v) is 1.26. The second-order valence-corrected chi connectivity index (χ2v) is 2.96. The van der Waals surface area contributed by atoms with Crippen LogP contribution in [0.25, 0.3) is 0 Å². The zero-order chi connectivity index (χ0) is 9.84. The molecule has 0 bridgehead atoms. The number of halogens is 1. The van der Waals surface area contributed by atoms with E-state index in [1.807, 2.05) is 6.92 Å².